The summed E-state index contributed by atoms with van der Waals surface area (Å²) in [4.78, 5) is 10.2. The van der Waals surface area contributed by atoms with Crippen molar-refractivity contribution in [3.8, 4) is 0 Å². The van der Waals surface area contributed by atoms with Crippen LogP contribution in [0.2, 0.25) is 0 Å². The standard InChI is InChI=1S/C6H7F3O2/c1-2-3-4-5(10)11-6(7,8)9/h2H,1,3-4H2. The average Bonchev–Trinajstić information content (AvgIpc) is 1.79. The zero-order valence-electron chi connectivity index (χ0n) is 5.65. The summed E-state index contributed by atoms with van der Waals surface area (Å²) < 4.78 is 36.8. The third-order valence-electron chi connectivity index (χ3n) is 0.782. The van der Waals surface area contributed by atoms with E-state index in [1.54, 1.807) is 0 Å². The van der Waals surface area contributed by atoms with Crippen LogP contribution in [0, 0.1) is 0 Å². The van der Waals surface area contributed by atoms with Gasteiger partial charge in [0, 0.05) is 6.42 Å². The lowest BCUT2D eigenvalue weighted by atomic mass is 10.3. The van der Waals surface area contributed by atoms with Gasteiger partial charge in [0.15, 0.2) is 0 Å². The predicted octanol–water partition coefficient (Wildman–Crippen LogP) is 2.02. The monoisotopic (exact) mass is 168 g/mol. The first-order chi connectivity index (χ1) is 4.95. The third kappa shape index (κ3) is 6.89. The number of allylic oxidation sites excluding steroid dienone is 1. The van der Waals surface area contributed by atoms with Crippen LogP contribution in [-0.2, 0) is 9.53 Å². The van der Waals surface area contributed by atoms with Crippen LogP contribution in [0.15, 0.2) is 12.7 Å². The van der Waals surface area contributed by atoms with Crippen LogP contribution in [0.3, 0.4) is 0 Å². The third-order valence-corrected chi connectivity index (χ3v) is 0.782. The van der Waals surface area contributed by atoms with Crippen LogP contribution in [0.1, 0.15) is 12.8 Å². The Bertz CT molecular complexity index is 150. The van der Waals surface area contributed by atoms with Gasteiger partial charge in [-0.05, 0) is 6.42 Å². The van der Waals surface area contributed by atoms with Crippen molar-refractivity contribution in [2.45, 2.75) is 19.2 Å². The van der Waals surface area contributed by atoms with Crippen LogP contribution in [0.4, 0.5) is 13.2 Å². The van der Waals surface area contributed by atoms with Crippen molar-refractivity contribution in [2.75, 3.05) is 0 Å². The van der Waals surface area contributed by atoms with Gasteiger partial charge in [0.25, 0.3) is 0 Å². The molecule has 0 aliphatic heterocycles. The zero-order valence-corrected chi connectivity index (χ0v) is 5.65. The highest BCUT2D eigenvalue weighted by Gasteiger charge is 2.33. The van der Waals surface area contributed by atoms with Crippen molar-refractivity contribution in [1.82, 2.24) is 0 Å². The van der Waals surface area contributed by atoms with Crippen LogP contribution in [-0.4, -0.2) is 12.3 Å². The number of alkyl halides is 3. The topological polar surface area (TPSA) is 26.3 Å². The molecule has 0 saturated heterocycles. The number of hydrogen-bond donors (Lipinski definition) is 0. The van der Waals surface area contributed by atoms with Gasteiger partial charge in [0.2, 0.25) is 0 Å². The number of carbonyl (C=O) groups is 1. The van der Waals surface area contributed by atoms with Crippen LogP contribution < -0.4 is 0 Å². The molecule has 0 radical (unpaired) electrons. The minimum atomic E-state index is -4.86. The quantitative estimate of drug-likeness (QED) is 0.476. The maximum absolute atomic E-state index is 11.3. The largest absolute Gasteiger partial charge is 0.575 e. The number of rotatable bonds is 3. The zero-order chi connectivity index (χ0) is 8.91. The highest BCUT2D eigenvalue weighted by molar-refractivity contribution is 5.69. The average molecular weight is 168 g/mol. The Morgan fingerprint density at radius 3 is 2.45 bits per heavy atom. The van der Waals surface area contributed by atoms with Gasteiger partial charge in [-0.1, -0.05) is 6.08 Å². The molecule has 0 fully saturated rings. The Labute approximate surface area is 61.6 Å². The molecule has 0 aromatic carbocycles. The van der Waals surface area contributed by atoms with E-state index in [-0.39, 0.29) is 12.8 Å². The van der Waals surface area contributed by atoms with E-state index in [1.807, 2.05) is 0 Å². The lowest BCUT2D eigenvalue weighted by Crippen LogP contribution is -2.18. The molecule has 0 heterocycles. The Hall–Kier alpha value is -1.00. The van der Waals surface area contributed by atoms with Crippen LogP contribution in [0.5, 0.6) is 0 Å². The van der Waals surface area contributed by atoms with E-state index in [2.05, 4.69) is 11.3 Å². The summed E-state index contributed by atoms with van der Waals surface area (Å²) in [6.07, 6.45) is -3.62. The molecule has 0 spiro atoms. The van der Waals surface area contributed by atoms with Gasteiger partial charge in [0.1, 0.15) is 0 Å². The van der Waals surface area contributed by atoms with Gasteiger partial charge in [-0.3, -0.25) is 4.79 Å². The van der Waals surface area contributed by atoms with Gasteiger partial charge < -0.3 is 4.74 Å². The Morgan fingerprint density at radius 1 is 1.55 bits per heavy atom. The van der Waals surface area contributed by atoms with E-state index in [4.69, 9.17) is 0 Å². The lowest BCUT2D eigenvalue weighted by Gasteiger charge is -2.05. The molecular formula is C6H7F3O2. The maximum atomic E-state index is 11.3. The Morgan fingerprint density at radius 2 is 2.09 bits per heavy atom. The van der Waals surface area contributed by atoms with Crippen LogP contribution in [0.25, 0.3) is 0 Å². The summed E-state index contributed by atoms with van der Waals surface area (Å²) >= 11 is 0. The molecular weight excluding hydrogens is 161 g/mol. The molecule has 0 N–H and O–H groups in total. The highest BCUT2D eigenvalue weighted by atomic mass is 19.4. The summed E-state index contributed by atoms with van der Waals surface area (Å²) in [7, 11) is 0. The van der Waals surface area contributed by atoms with Gasteiger partial charge in [-0.25, -0.2) is 0 Å². The highest BCUT2D eigenvalue weighted by Crippen LogP contribution is 2.17. The fourth-order valence-corrected chi connectivity index (χ4v) is 0.400. The number of hydrogen-bond acceptors (Lipinski definition) is 2. The molecule has 0 aromatic heterocycles. The molecule has 0 rings (SSSR count). The summed E-state index contributed by atoms with van der Waals surface area (Å²) in [6, 6.07) is 0. The predicted molar refractivity (Wildman–Crippen MR) is 31.6 cm³/mol. The van der Waals surface area contributed by atoms with Crippen molar-refractivity contribution in [3.05, 3.63) is 12.7 Å². The van der Waals surface area contributed by atoms with Crippen molar-refractivity contribution in [2.24, 2.45) is 0 Å². The molecule has 0 aliphatic carbocycles. The van der Waals surface area contributed by atoms with Crippen molar-refractivity contribution in [1.29, 1.82) is 0 Å². The van der Waals surface area contributed by atoms with E-state index < -0.39 is 12.3 Å². The van der Waals surface area contributed by atoms with Crippen molar-refractivity contribution in [3.63, 3.8) is 0 Å². The molecule has 0 amide bonds. The SMILES string of the molecule is C=CCCC(=O)OC(F)(F)F. The molecule has 0 saturated carbocycles. The molecule has 0 aromatic rings. The number of halogens is 3. The number of esters is 1. The first-order valence-corrected chi connectivity index (χ1v) is 2.85. The van der Waals surface area contributed by atoms with Gasteiger partial charge in [0.05, 0.1) is 0 Å². The smallest absolute Gasteiger partial charge is 0.373 e. The summed E-state index contributed by atoms with van der Waals surface area (Å²) in [5, 5.41) is 0. The van der Waals surface area contributed by atoms with Crippen molar-refractivity contribution >= 4 is 5.97 Å². The molecule has 2 nitrogen and oxygen atoms in total. The van der Waals surface area contributed by atoms with Crippen LogP contribution >= 0.6 is 0 Å². The second kappa shape index (κ2) is 4.00. The second-order valence-electron chi connectivity index (χ2n) is 1.75. The minimum absolute atomic E-state index is 0.189. The van der Waals surface area contributed by atoms with Crippen molar-refractivity contribution < 1.29 is 22.7 Å². The molecule has 0 aliphatic rings. The molecule has 0 unspecified atom stereocenters. The fraction of sp³-hybridized carbons (Fsp3) is 0.500. The fourth-order valence-electron chi connectivity index (χ4n) is 0.400. The summed E-state index contributed by atoms with van der Waals surface area (Å²) in [5.41, 5.74) is 0. The maximum Gasteiger partial charge on any atom is 0.575 e. The molecule has 0 bridgehead atoms. The Kier molecular flexibility index (Phi) is 3.64. The first kappa shape index (κ1) is 10.0. The first-order valence-electron chi connectivity index (χ1n) is 2.85. The van der Waals surface area contributed by atoms with Gasteiger partial charge in [-0.15, -0.1) is 19.8 Å². The van der Waals surface area contributed by atoms with E-state index in [0.29, 0.717) is 0 Å². The molecule has 0 atom stereocenters. The normalized spacial score (nSPS) is 10.8. The van der Waals surface area contributed by atoms with E-state index >= 15 is 0 Å². The molecule has 5 heteroatoms. The molecule has 64 valence electrons. The van der Waals surface area contributed by atoms with Gasteiger partial charge >= 0.3 is 12.3 Å². The van der Waals surface area contributed by atoms with E-state index in [1.165, 1.54) is 6.08 Å². The lowest BCUT2D eigenvalue weighted by molar-refractivity contribution is -0.305. The summed E-state index contributed by atoms with van der Waals surface area (Å²) in [5.74, 6) is -1.28. The minimum Gasteiger partial charge on any atom is -0.373 e. The summed E-state index contributed by atoms with van der Waals surface area (Å²) in [6.45, 7) is 3.24. The second-order valence-corrected chi connectivity index (χ2v) is 1.75. The van der Waals surface area contributed by atoms with E-state index in [0.717, 1.165) is 0 Å². The van der Waals surface area contributed by atoms with Gasteiger partial charge in [-0.2, -0.15) is 0 Å². The van der Waals surface area contributed by atoms with E-state index in [9.17, 15) is 18.0 Å². The molecule has 11 heavy (non-hydrogen) atoms. The Balaban J connectivity index is 3.61. The number of ether oxygens (including phenoxy) is 1. The number of carbonyl (C=O) groups excluding carboxylic acids is 1.